The molecule has 1 aromatic heterocycles. The summed E-state index contributed by atoms with van der Waals surface area (Å²) >= 11 is 0. The summed E-state index contributed by atoms with van der Waals surface area (Å²) in [5.74, 6) is 0.389. The van der Waals surface area contributed by atoms with Gasteiger partial charge in [0.25, 0.3) is 0 Å². The normalized spacial score (nSPS) is 14.8. The van der Waals surface area contributed by atoms with Gasteiger partial charge in [0.15, 0.2) is 0 Å². The number of nitrogens with one attached hydrogen (secondary N) is 1. The summed E-state index contributed by atoms with van der Waals surface area (Å²) in [4.78, 5) is 15.3. The molecule has 0 aliphatic rings. The Balaban J connectivity index is 2.42. The summed E-state index contributed by atoms with van der Waals surface area (Å²) in [6, 6.07) is -0.276. The first-order chi connectivity index (χ1) is 7.41. The molecule has 0 saturated carbocycles. The van der Waals surface area contributed by atoms with Crippen molar-refractivity contribution in [2.24, 2.45) is 5.92 Å². The van der Waals surface area contributed by atoms with Crippen molar-refractivity contribution in [2.45, 2.75) is 32.8 Å². The van der Waals surface area contributed by atoms with Crippen molar-refractivity contribution in [3.8, 4) is 0 Å². The Morgan fingerprint density at radius 1 is 1.62 bits per heavy atom. The fourth-order valence-corrected chi connectivity index (χ4v) is 1.69. The van der Waals surface area contributed by atoms with Crippen LogP contribution >= 0.6 is 0 Å². The van der Waals surface area contributed by atoms with Gasteiger partial charge in [-0.15, -0.1) is 0 Å². The minimum atomic E-state index is -0.871. The summed E-state index contributed by atoms with van der Waals surface area (Å²) in [5, 5.41) is 12.7. The first kappa shape index (κ1) is 12.7. The van der Waals surface area contributed by atoms with E-state index in [1.54, 1.807) is 13.1 Å². The minimum Gasteiger partial charge on any atom is -0.388 e. The summed E-state index contributed by atoms with van der Waals surface area (Å²) in [5.41, 5.74) is -0.871. The molecule has 16 heavy (non-hydrogen) atoms. The van der Waals surface area contributed by atoms with Gasteiger partial charge in [-0.05, 0) is 19.3 Å². The number of nitrogens with zero attached hydrogens (tertiary/aromatic N) is 2. The standard InChI is InChI=1S/C11H19N3O2/c1-9(2)6-11(3,16)7-13-10(15)14-5-4-12-8-14/h4-5,8-9,16H,6-7H2,1-3H3,(H,13,15). The molecule has 1 heterocycles. The number of imidazole rings is 1. The third kappa shape index (κ3) is 4.02. The van der Waals surface area contributed by atoms with E-state index in [-0.39, 0.29) is 12.6 Å². The minimum absolute atomic E-state index is 0.238. The van der Waals surface area contributed by atoms with Crippen molar-refractivity contribution in [1.82, 2.24) is 14.9 Å². The molecule has 0 bridgehead atoms. The van der Waals surface area contributed by atoms with Gasteiger partial charge >= 0.3 is 6.03 Å². The van der Waals surface area contributed by atoms with Gasteiger partial charge < -0.3 is 10.4 Å². The van der Waals surface area contributed by atoms with Crippen LogP contribution in [0, 0.1) is 5.92 Å². The number of hydrogen-bond donors (Lipinski definition) is 2. The molecule has 2 N–H and O–H groups in total. The maximum atomic E-state index is 11.5. The van der Waals surface area contributed by atoms with Crippen molar-refractivity contribution in [3.05, 3.63) is 18.7 Å². The predicted molar refractivity (Wildman–Crippen MR) is 61.1 cm³/mol. The lowest BCUT2D eigenvalue weighted by Gasteiger charge is -2.25. The van der Waals surface area contributed by atoms with Crippen LogP contribution in [-0.2, 0) is 0 Å². The Morgan fingerprint density at radius 2 is 2.31 bits per heavy atom. The molecule has 0 spiro atoms. The van der Waals surface area contributed by atoms with Gasteiger partial charge in [0.2, 0.25) is 0 Å². The summed E-state index contributed by atoms with van der Waals surface area (Å²) in [6.07, 6.45) is 5.17. The van der Waals surface area contributed by atoms with Crippen LogP contribution in [0.1, 0.15) is 27.2 Å². The number of aliphatic hydroxyl groups is 1. The molecule has 0 aliphatic carbocycles. The van der Waals surface area contributed by atoms with Gasteiger partial charge in [0, 0.05) is 18.9 Å². The molecule has 1 amide bonds. The topological polar surface area (TPSA) is 67.2 Å². The quantitative estimate of drug-likeness (QED) is 0.810. The summed E-state index contributed by atoms with van der Waals surface area (Å²) < 4.78 is 1.34. The number of hydrogen-bond acceptors (Lipinski definition) is 3. The highest BCUT2D eigenvalue weighted by Gasteiger charge is 2.22. The molecule has 5 heteroatoms. The van der Waals surface area contributed by atoms with Gasteiger partial charge in [-0.3, -0.25) is 4.57 Å². The Kier molecular flexibility index (Phi) is 4.06. The molecular weight excluding hydrogens is 206 g/mol. The molecule has 0 aromatic carbocycles. The Morgan fingerprint density at radius 3 is 2.81 bits per heavy atom. The highest BCUT2D eigenvalue weighted by Crippen LogP contribution is 2.14. The number of rotatable bonds is 4. The largest absolute Gasteiger partial charge is 0.388 e. The SMILES string of the molecule is CC(C)CC(C)(O)CNC(=O)n1ccnc1. The van der Waals surface area contributed by atoms with E-state index in [9.17, 15) is 9.90 Å². The molecule has 1 rings (SSSR count). The van der Waals surface area contributed by atoms with Crippen molar-refractivity contribution in [1.29, 1.82) is 0 Å². The lowest BCUT2D eigenvalue weighted by Crippen LogP contribution is -2.42. The van der Waals surface area contributed by atoms with Crippen LogP contribution in [0.5, 0.6) is 0 Å². The first-order valence-electron chi connectivity index (χ1n) is 5.39. The molecule has 0 aliphatic heterocycles. The van der Waals surface area contributed by atoms with Crippen molar-refractivity contribution in [3.63, 3.8) is 0 Å². The lowest BCUT2D eigenvalue weighted by molar-refractivity contribution is 0.0409. The molecule has 5 nitrogen and oxygen atoms in total. The first-order valence-corrected chi connectivity index (χ1v) is 5.39. The molecule has 1 atom stereocenters. The monoisotopic (exact) mass is 225 g/mol. The second-order valence-corrected chi connectivity index (χ2v) is 4.72. The zero-order valence-corrected chi connectivity index (χ0v) is 9.97. The van der Waals surface area contributed by atoms with E-state index in [0.717, 1.165) is 0 Å². The van der Waals surface area contributed by atoms with Crippen LogP contribution < -0.4 is 5.32 Å². The lowest BCUT2D eigenvalue weighted by atomic mass is 9.94. The van der Waals surface area contributed by atoms with Gasteiger partial charge in [0.05, 0.1) is 5.60 Å². The van der Waals surface area contributed by atoms with Crippen LogP contribution in [0.3, 0.4) is 0 Å². The van der Waals surface area contributed by atoms with E-state index < -0.39 is 5.60 Å². The number of aromatic nitrogens is 2. The Labute approximate surface area is 95.5 Å². The van der Waals surface area contributed by atoms with Gasteiger partial charge in [0.1, 0.15) is 6.33 Å². The van der Waals surface area contributed by atoms with Gasteiger partial charge in [-0.1, -0.05) is 13.8 Å². The zero-order valence-electron chi connectivity index (χ0n) is 9.97. The third-order valence-electron chi connectivity index (χ3n) is 2.21. The third-order valence-corrected chi connectivity index (χ3v) is 2.21. The molecule has 90 valence electrons. The highest BCUT2D eigenvalue weighted by molar-refractivity contribution is 5.76. The number of amides is 1. The van der Waals surface area contributed by atoms with Gasteiger partial charge in [-0.2, -0.15) is 0 Å². The second-order valence-electron chi connectivity index (χ2n) is 4.72. The van der Waals surface area contributed by atoms with Crippen LogP contribution in [-0.4, -0.2) is 32.8 Å². The predicted octanol–water partition coefficient (Wildman–Crippen LogP) is 1.24. The highest BCUT2D eigenvalue weighted by atomic mass is 16.3. The van der Waals surface area contributed by atoms with E-state index in [0.29, 0.717) is 12.3 Å². The van der Waals surface area contributed by atoms with Crippen molar-refractivity contribution in [2.75, 3.05) is 6.54 Å². The molecule has 0 fully saturated rings. The molecule has 0 saturated heterocycles. The fraction of sp³-hybridized carbons (Fsp3) is 0.636. The average Bonchev–Trinajstić information content (AvgIpc) is 2.64. The van der Waals surface area contributed by atoms with E-state index in [1.165, 1.54) is 17.1 Å². The Bertz CT molecular complexity index is 331. The van der Waals surface area contributed by atoms with E-state index >= 15 is 0 Å². The summed E-state index contributed by atoms with van der Waals surface area (Å²) in [6.45, 7) is 6.03. The summed E-state index contributed by atoms with van der Waals surface area (Å²) in [7, 11) is 0. The van der Waals surface area contributed by atoms with E-state index in [1.807, 2.05) is 13.8 Å². The fourth-order valence-electron chi connectivity index (χ4n) is 1.69. The maximum absolute atomic E-state index is 11.5. The van der Waals surface area contributed by atoms with Crippen LogP contribution in [0.15, 0.2) is 18.7 Å². The average molecular weight is 225 g/mol. The van der Waals surface area contributed by atoms with Crippen LogP contribution in [0.25, 0.3) is 0 Å². The van der Waals surface area contributed by atoms with E-state index in [4.69, 9.17) is 0 Å². The number of carbonyl (C=O) groups is 1. The van der Waals surface area contributed by atoms with Gasteiger partial charge in [-0.25, -0.2) is 9.78 Å². The second kappa shape index (κ2) is 5.12. The molecular formula is C11H19N3O2. The Hall–Kier alpha value is -1.36. The molecule has 1 unspecified atom stereocenters. The number of carbonyl (C=O) groups excluding carboxylic acids is 1. The molecule has 1 aromatic rings. The molecule has 0 radical (unpaired) electrons. The van der Waals surface area contributed by atoms with Crippen LogP contribution in [0.4, 0.5) is 4.79 Å². The van der Waals surface area contributed by atoms with Crippen molar-refractivity contribution >= 4 is 6.03 Å². The zero-order chi connectivity index (χ0) is 12.2. The smallest absolute Gasteiger partial charge is 0.326 e. The van der Waals surface area contributed by atoms with Crippen molar-refractivity contribution < 1.29 is 9.90 Å². The van der Waals surface area contributed by atoms with Crippen LogP contribution in [0.2, 0.25) is 0 Å². The van der Waals surface area contributed by atoms with E-state index in [2.05, 4.69) is 10.3 Å². The maximum Gasteiger partial charge on any atom is 0.326 e.